The summed E-state index contributed by atoms with van der Waals surface area (Å²) in [6, 6.07) is 18.7. The highest BCUT2D eigenvalue weighted by Gasteiger charge is 2.07. The van der Waals surface area contributed by atoms with Crippen LogP contribution in [-0.4, -0.2) is 11.9 Å². The summed E-state index contributed by atoms with van der Waals surface area (Å²) in [5.74, 6) is -0.345. The molecule has 0 fully saturated rings. The molecule has 1 amide bonds. The summed E-state index contributed by atoms with van der Waals surface area (Å²) in [4.78, 5) is 10.8. The lowest BCUT2D eigenvalue weighted by Crippen LogP contribution is -2.29. The van der Waals surface area contributed by atoms with Crippen LogP contribution in [0.3, 0.4) is 0 Å². The molecule has 110 valence electrons. The first-order chi connectivity index (χ1) is 10.1. The van der Waals surface area contributed by atoms with Crippen molar-refractivity contribution >= 4 is 5.91 Å². The van der Waals surface area contributed by atoms with Crippen LogP contribution in [0.15, 0.2) is 54.6 Å². The van der Waals surface area contributed by atoms with Crippen LogP contribution >= 0.6 is 0 Å². The molecule has 0 bridgehead atoms. The second kappa shape index (κ2) is 7.60. The molecule has 0 saturated heterocycles. The first-order valence-corrected chi connectivity index (χ1v) is 7.29. The Labute approximate surface area is 126 Å². The van der Waals surface area contributed by atoms with E-state index in [1.165, 1.54) is 11.1 Å². The molecule has 0 heterocycles. The maximum Gasteiger partial charge on any atom is 0.218 e. The molecule has 21 heavy (non-hydrogen) atoms. The molecule has 3 nitrogen and oxygen atoms in total. The second-order valence-corrected chi connectivity index (χ2v) is 5.44. The molecule has 0 aliphatic rings. The van der Waals surface area contributed by atoms with Crippen molar-refractivity contribution in [2.45, 2.75) is 31.7 Å². The summed E-state index contributed by atoms with van der Waals surface area (Å²) < 4.78 is 0. The van der Waals surface area contributed by atoms with Crippen molar-refractivity contribution in [3.05, 3.63) is 71.3 Å². The first kappa shape index (κ1) is 15.3. The second-order valence-electron chi connectivity index (χ2n) is 5.44. The van der Waals surface area contributed by atoms with Gasteiger partial charge in [-0.2, -0.15) is 0 Å². The number of primary amides is 1. The Morgan fingerprint density at radius 3 is 1.95 bits per heavy atom. The monoisotopic (exact) mass is 282 g/mol. The van der Waals surface area contributed by atoms with Crippen LogP contribution in [0.25, 0.3) is 0 Å². The Morgan fingerprint density at radius 2 is 1.38 bits per heavy atom. The van der Waals surface area contributed by atoms with Crippen LogP contribution in [0, 0.1) is 0 Å². The third kappa shape index (κ3) is 5.40. The quantitative estimate of drug-likeness (QED) is 0.817. The van der Waals surface area contributed by atoms with Gasteiger partial charge in [-0.05, 0) is 36.0 Å². The molecule has 0 saturated carbocycles. The van der Waals surface area contributed by atoms with Crippen LogP contribution in [0.1, 0.15) is 23.1 Å². The molecule has 0 aliphatic heterocycles. The third-order valence-corrected chi connectivity index (χ3v) is 3.53. The maximum absolute atomic E-state index is 10.8. The van der Waals surface area contributed by atoms with Crippen LogP contribution in [-0.2, 0) is 24.1 Å². The molecular weight excluding hydrogens is 260 g/mol. The van der Waals surface area contributed by atoms with Crippen molar-refractivity contribution in [1.82, 2.24) is 0 Å². The lowest BCUT2D eigenvalue weighted by atomic mass is 10.00. The van der Waals surface area contributed by atoms with E-state index in [1.807, 2.05) is 6.07 Å². The third-order valence-electron chi connectivity index (χ3n) is 3.53. The van der Waals surface area contributed by atoms with Crippen LogP contribution in [0.4, 0.5) is 0 Å². The van der Waals surface area contributed by atoms with Crippen LogP contribution < -0.4 is 11.5 Å². The van der Waals surface area contributed by atoms with E-state index in [0.717, 1.165) is 18.4 Å². The molecule has 1 unspecified atom stereocenters. The normalized spacial score (nSPS) is 12.0. The molecule has 1 atom stereocenters. The molecule has 2 aromatic carbocycles. The van der Waals surface area contributed by atoms with E-state index in [0.29, 0.717) is 6.42 Å². The average Bonchev–Trinajstić information content (AvgIpc) is 2.47. The maximum atomic E-state index is 10.8. The SMILES string of the molecule is NC(=O)CC(N)Cc1ccc(CCc2ccccc2)cc1. The molecule has 0 radical (unpaired) electrons. The van der Waals surface area contributed by atoms with Crippen molar-refractivity contribution in [3.8, 4) is 0 Å². The molecule has 4 N–H and O–H groups in total. The van der Waals surface area contributed by atoms with E-state index in [4.69, 9.17) is 11.5 Å². The Balaban J connectivity index is 1.85. The predicted molar refractivity (Wildman–Crippen MR) is 85.8 cm³/mol. The zero-order chi connectivity index (χ0) is 15.1. The lowest BCUT2D eigenvalue weighted by molar-refractivity contribution is -0.118. The van der Waals surface area contributed by atoms with Gasteiger partial charge in [0.25, 0.3) is 0 Å². The summed E-state index contributed by atoms with van der Waals surface area (Å²) in [6.07, 6.45) is 2.98. The highest BCUT2D eigenvalue weighted by Crippen LogP contribution is 2.11. The van der Waals surface area contributed by atoms with Gasteiger partial charge in [0.05, 0.1) is 0 Å². The minimum Gasteiger partial charge on any atom is -0.370 e. The number of aryl methyl sites for hydroxylation is 2. The van der Waals surface area contributed by atoms with E-state index >= 15 is 0 Å². The Morgan fingerprint density at radius 1 is 0.857 bits per heavy atom. The Bertz CT molecular complexity index is 564. The molecule has 0 aliphatic carbocycles. The molecule has 2 rings (SSSR count). The van der Waals surface area contributed by atoms with Gasteiger partial charge in [0.2, 0.25) is 5.91 Å². The average molecular weight is 282 g/mol. The van der Waals surface area contributed by atoms with Gasteiger partial charge in [0, 0.05) is 12.5 Å². The standard InChI is InChI=1S/C18H22N2O/c19-17(13-18(20)21)12-16-10-8-15(9-11-16)7-6-14-4-2-1-3-5-14/h1-5,8-11,17H,6-7,12-13,19H2,(H2,20,21). The van der Waals surface area contributed by atoms with Gasteiger partial charge < -0.3 is 11.5 Å². The van der Waals surface area contributed by atoms with Gasteiger partial charge in [0.1, 0.15) is 0 Å². The minimum absolute atomic E-state index is 0.197. The Hall–Kier alpha value is -2.13. The lowest BCUT2D eigenvalue weighted by Gasteiger charge is -2.10. The summed E-state index contributed by atoms with van der Waals surface area (Å²) >= 11 is 0. The fourth-order valence-corrected chi connectivity index (χ4v) is 2.41. The molecule has 3 heteroatoms. The van der Waals surface area contributed by atoms with E-state index in [-0.39, 0.29) is 18.4 Å². The number of rotatable bonds is 7. The summed E-state index contributed by atoms with van der Waals surface area (Å²) in [7, 11) is 0. The van der Waals surface area contributed by atoms with Crippen LogP contribution in [0.2, 0.25) is 0 Å². The van der Waals surface area contributed by atoms with Crippen molar-refractivity contribution in [3.63, 3.8) is 0 Å². The largest absolute Gasteiger partial charge is 0.370 e. The highest BCUT2D eigenvalue weighted by atomic mass is 16.1. The van der Waals surface area contributed by atoms with E-state index in [1.54, 1.807) is 0 Å². The van der Waals surface area contributed by atoms with Crippen molar-refractivity contribution in [2.24, 2.45) is 11.5 Å². The minimum atomic E-state index is -0.345. The Kier molecular flexibility index (Phi) is 5.52. The zero-order valence-corrected chi connectivity index (χ0v) is 12.2. The number of nitrogens with two attached hydrogens (primary N) is 2. The van der Waals surface area contributed by atoms with Gasteiger partial charge in [-0.1, -0.05) is 54.6 Å². The molecular formula is C18H22N2O. The van der Waals surface area contributed by atoms with Gasteiger partial charge in [-0.25, -0.2) is 0 Å². The number of benzene rings is 2. The van der Waals surface area contributed by atoms with E-state index < -0.39 is 0 Å². The first-order valence-electron chi connectivity index (χ1n) is 7.29. The number of carbonyl (C=O) groups is 1. The molecule has 0 spiro atoms. The topological polar surface area (TPSA) is 69.1 Å². The van der Waals surface area contributed by atoms with E-state index in [9.17, 15) is 4.79 Å². The van der Waals surface area contributed by atoms with Gasteiger partial charge in [-0.3, -0.25) is 4.79 Å². The molecule has 2 aromatic rings. The predicted octanol–water partition coefficient (Wildman–Crippen LogP) is 2.22. The summed E-state index contributed by atoms with van der Waals surface area (Å²) in [5, 5.41) is 0. The summed E-state index contributed by atoms with van der Waals surface area (Å²) in [5.41, 5.74) is 14.8. The number of hydrogen-bond acceptors (Lipinski definition) is 2. The number of carbonyl (C=O) groups excluding carboxylic acids is 1. The van der Waals surface area contributed by atoms with Gasteiger partial charge >= 0.3 is 0 Å². The van der Waals surface area contributed by atoms with E-state index in [2.05, 4.69) is 48.5 Å². The zero-order valence-electron chi connectivity index (χ0n) is 12.2. The van der Waals surface area contributed by atoms with Crippen molar-refractivity contribution in [2.75, 3.05) is 0 Å². The molecule has 0 aromatic heterocycles. The fraction of sp³-hybridized carbons (Fsp3) is 0.278. The smallest absolute Gasteiger partial charge is 0.218 e. The van der Waals surface area contributed by atoms with Gasteiger partial charge in [0.15, 0.2) is 0 Å². The van der Waals surface area contributed by atoms with Gasteiger partial charge in [-0.15, -0.1) is 0 Å². The number of amides is 1. The number of hydrogen-bond donors (Lipinski definition) is 2. The van der Waals surface area contributed by atoms with Crippen molar-refractivity contribution in [1.29, 1.82) is 0 Å². The van der Waals surface area contributed by atoms with Crippen molar-refractivity contribution < 1.29 is 4.79 Å². The van der Waals surface area contributed by atoms with Crippen LogP contribution in [0.5, 0.6) is 0 Å². The fourth-order valence-electron chi connectivity index (χ4n) is 2.41. The highest BCUT2D eigenvalue weighted by molar-refractivity contribution is 5.74. The summed E-state index contributed by atoms with van der Waals surface area (Å²) in [6.45, 7) is 0.